The minimum Gasteiger partial charge on any atom is -0.508 e. The van der Waals surface area contributed by atoms with Crippen LogP contribution in [0.15, 0.2) is 41.0 Å². The van der Waals surface area contributed by atoms with Crippen LogP contribution in [0.5, 0.6) is 5.75 Å². The van der Waals surface area contributed by atoms with E-state index in [1.54, 1.807) is 37.1 Å². The zero-order valence-electron chi connectivity index (χ0n) is 11.3. The van der Waals surface area contributed by atoms with E-state index >= 15 is 0 Å². The standard InChI is InChI=1S/C15H17NO3/c1-10(12-4-6-13(17)7-5-12)16(3)15(18)14-8-9-19-11(14)2/h4-10,17H,1-3H3. The summed E-state index contributed by atoms with van der Waals surface area (Å²) in [6, 6.07) is 8.46. The summed E-state index contributed by atoms with van der Waals surface area (Å²) in [5, 5.41) is 9.28. The Balaban J connectivity index is 2.19. The summed E-state index contributed by atoms with van der Waals surface area (Å²) < 4.78 is 5.16. The number of aryl methyl sites for hydroxylation is 1. The molecule has 100 valence electrons. The number of furan rings is 1. The van der Waals surface area contributed by atoms with Crippen molar-refractivity contribution >= 4 is 5.91 Å². The Bertz CT molecular complexity index is 571. The second kappa shape index (κ2) is 5.18. The Morgan fingerprint density at radius 1 is 1.26 bits per heavy atom. The van der Waals surface area contributed by atoms with E-state index in [-0.39, 0.29) is 17.7 Å². The molecule has 2 rings (SSSR count). The molecule has 0 saturated heterocycles. The van der Waals surface area contributed by atoms with E-state index in [2.05, 4.69) is 0 Å². The SMILES string of the molecule is Cc1occc1C(=O)N(C)C(C)c1ccc(O)cc1. The molecule has 1 atom stereocenters. The summed E-state index contributed by atoms with van der Waals surface area (Å²) in [4.78, 5) is 14.0. The monoisotopic (exact) mass is 259 g/mol. The molecule has 1 N–H and O–H groups in total. The number of phenolic OH excluding ortho intramolecular Hbond substituents is 1. The Hall–Kier alpha value is -2.23. The van der Waals surface area contributed by atoms with Crippen LogP contribution in [0, 0.1) is 6.92 Å². The van der Waals surface area contributed by atoms with Gasteiger partial charge in [-0.05, 0) is 37.6 Å². The molecule has 0 spiro atoms. The van der Waals surface area contributed by atoms with Gasteiger partial charge in [-0.25, -0.2) is 0 Å². The number of nitrogens with zero attached hydrogens (tertiary/aromatic N) is 1. The fourth-order valence-corrected chi connectivity index (χ4v) is 1.95. The van der Waals surface area contributed by atoms with Crippen LogP contribution in [0.2, 0.25) is 0 Å². The molecule has 4 heteroatoms. The summed E-state index contributed by atoms with van der Waals surface area (Å²) in [6.45, 7) is 3.71. The van der Waals surface area contributed by atoms with Gasteiger partial charge in [-0.3, -0.25) is 4.79 Å². The van der Waals surface area contributed by atoms with Gasteiger partial charge in [0.1, 0.15) is 11.5 Å². The molecule has 1 amide bonds. The molecular formula is C15H17NO3. The highest BCUT2D eigenvalue weighted by atomic mass is 16.3. The predicted octanol–water partition coefficient (Wildman–Crippen LogP) is 3.13. The predicted molar refractivity (Wildman–Crippen MR) is 72.1 cm³/mol. The van der Waals surface area contributed by atoms with Gasteiger partial charge in [0.05, 0.1) is 17.9 Å². The van der Waals surface area contributed by atoms with Crippen LogP contribution in [-0.4, -0.2) is 23.0 Å². The number of hydrogen-bond acceptors (Lipinski definition) is 3. The lowest BCUT2D eigenvalue weighted by Crippen LogP contribution is -2.29. The van der Waals surface area contributed by atoms with Gasteiger partial charge >= 0.3 is 0 Å². The van der Waals surface area contributed by atoms with Crippen molar-refractivity contribution in [3.05, 3.63) is 53.5 Å². The first-order valence-electron chi connectivity index (χ1n) is 6.11. The van der Waals surface area contributed by atoms with Gasteiger partial charge in [-0.2, -0.15) is 0 Å². The third-order valence-electron chi connectivity index (χ3n) is 3.37. The molecule has 1 aromatic carbocycles. The molecular weight excluding hydrogens is 242 g/mol. The Kier molecular flexibility index (Phi) is 3.60. The minimum absolute atomic E-state index is 0.0770. The van der Waals surface area contributed by atoms with E-state index in [4.69, 9.17) is 4.42 Å². The maximum atomic E-state index is 12.3. The van der Waals surface area contributed by atoms with Crippen molar-refractivity contribution in [1.29, 1.82) is 0 Å². The zero-order chi connectivity index (χ0) is 14.0. The second-order valence-corrected chi connectivity index (χ2v) is 4.57. The third kappa shape index (κ3) is 2.62. The van der Waals surface area contributed by atoms with Crippen LogP contribution in [0.3, 0.4) is 0 Å². The van der Waals surface area contributed by atoms with Crippen LogP contribution in [0.4, 0.5) is 0 Å². The third-order valence-corrected chi connectivity index (χ3v) is 3.37. The number of benzene rings is 1. The summed E-state index contributed by atoms with van der Waals surface area (Å²) in [5.74, 6) is 0.761. The normalized spacial score (nSPS) is 12.2. The average molecular weight is 259 g/mol. The summed E-state index contributed by atoms with van der Waals surface area (Å²) in [5.41, 5.74) is 1.54. The zero-order valence-corrected chi connectivity index (χ0v) is 11.3. The Morgan fingerprint density at radius 3 is 2.42 bits per heavy atom. The first-order valence-corrected chi connectivity index (χ1v) is 6.11. The van der Waals surface area contributed by atoms with E-state index in [1.165, 1.54) is 6.26 Å². The average Bonchev–Trinajstić information content (AvgIpc) is 2.83. The number of carbonyl (C=O) groups is 1. The number of aromatic hydroxyl groups is 1. The van der Waals surface area contributed by atoms with Crippen molar-refractivity contribution in [3.8, 4) is 5.75 Å². The number of carbonyl (C=O) groups excluding carboxylic acids is 1. The van der Waals surface area contributed by atoms with E-state index in [0.29, 0.717) is 11.3 Å². The van der Waals surface area contributed by atoms with Gasteiger partial charge < -0.3 is 14.4 Å². The Morgan fingerprint density at radius 2 is 1.89 bits per heavy atom. The van der Waals surface area contributed by atoms with E-state index in [1.807, 2.05) is 19.1 Å². The van der Waals surface area contributed by atoms with Gasteiger partial charge in [0.15, 0.2) is 0 Å². The molecule has 1 unspecified atom stereocenters. The highest BCUT2D eigenvalue weighted by molar-refractivity contribution is 5.95. The lowest BCUT2D eigenvalue weighted by molar-refractivity contribution is 0.0741. The first-order chi connectivity index (χ1) is 9.00. The van der Waals surface area contributed by atoms with E-state index in [9.17, 15) is 9.90 Å². The van der Waals surface area contributed by atoms with Crippen molar-refractivity contribution < 1.29 is 14.3 Å². The molecule has 2 aromatic rings. The maximum absolute atomic E-state index is 12.3. The topological polar surface area (TPSA) is 53.7 Å². The molecule has 1 heterocycles. The number of rotatable bonds is 3. The molecule has 0 aliphatic heterocycles. The molecule has 4 nitrogen and oxygen atoms in total. The fourth-order valence-electron chi connectivity index (χ4n) is 1.95. The second-order valence-electron chi connectivity index (χ2n) is 4.57. The molecule has 0 aliphatic carbocycles. The van der Waals surface area contributed by atoms with Crippen molar-refractivity contribution in [3.63, 3.8) is 0 Å². The lowest BCUT2D eigenvalue weighted by atomic mass is 10.1. The number of hydrogen-bond donors (Lipinski definition) is 1. The van der Waals surface area contributed by atoms with Gasteiger partial charge in [0.25, 0.3) is 5.91 Å². The van der Waals surface area contributed by atoms with Crippen molar-refractivity contribution in [2.75, 3.05) is 7.05 Å². The largest absolute Gasteiger partial charge is 0.508 e. The van der Waals surface area contributed by atoms with Crippen LogP contribution in [0.25, 0.3) is 0 Å². The Labute approximate surface area is 112 Å². The molecule has 0 radical (unpaired) electrons. The van der Waals surface area contributed by atoms with E-state index < -0.39 is 0 Å². The first kappa shape index (κ1) is 13.2. The minimum atomic E-state index is -0.0811. The lowest BCUT2D eigenvalue weighted by Gasteiger charge is -2.25. The molecule has 0 saturated carbocycles. The summed E-state index contributed by atoms with van der Waals surface area (Å²) in [7, 11) is 1.76. The van der Waals surface area contributed by atoms with Gasteiger partial charge in [-0.1, -0.05) is 12.1 Å². The molecule has 0 aliphatic rings. The van der Waals surface area contributed by atoms with Crippen molar-refractivity contribution in [2.24, 2.45) is 0 Å². The molecule has 1 aromatic heterocycles. The highest BCUT2D eigenvalue weighted by Crippen LogP contribution is 2.23. The van der Waals surface area contributed by atoms with Gasteiger partial charge in [-0.15, -0.1) is 0 Å². The summed E-state index contributed by atoms with van der Waals surface area (Å²) in [6.07, 6.45) is 1.52. The van der Waals surface area contributed by atoms with Crippen molar-refractivity contribution in [2.45, 2.75) is 19.9 Å². The quantitative estimate of drug-likeness (QED) is 0.921. The molecule has 0 fully saturated rings. The smallest absolute Gasteiger partial charge is 0.257 e. The van der Waals surface area contributed by atoms with Crippen LogP contribution in [-0.2, 0) is 0 Å². The van der Waals surface area contributed by atoms with Crippen LogP contribution in [0.1, 0.15) is 34.6 Å². The number of phenols is 1. The fraction of sp³-hybridized carbons (Fsp3) is 0.267. The van der Waals surface area contributed by atoms with E-state index in [0.717, 1.165) is 5.56 Å². The maximum Gasteiger partial charge on any atom is 0.257 e. The van der Waals surface area contributed by atoms with Crippen LogP contribution >= 0.6 is 0 Å². The highest BCUT2D eigenvalue weighted by Gasteiger charge is 2.21. The molecule has 19 heavy (non-hydrogen) atoms. The number of amides is 1. The molecule has 0 bridgehead atoms. The van der Waals surface area contributed by atoms with Crippen molar-refractivity contribution in [1.82, 2.24) is 4.90 Å². The van der Waals surface area contributed by atoms with Gasteiger partial charge in [0, 0.05) is 7.05 Å². The summed E-state index contributed by atoms with van der Waals surface area (Å²) >= 11 is 0. The van der Waals surface area contributed by atoms with Gasteiger partial charge in [0.2, 0.25) is 0 Å². The van der Waals surface area contributed by atoms with Crippen LogP contribution < -0.4 is 0 Å².